The predicted octanol–water partition coefficient (Wildman–Crippen LogP) is 4.69. The molecule has 0 aliphatic heterocycles. The van der Waals surface area contributed by atoms with Gasteiger partial charge in [0.2, 0.25) is 0 Å². The molecule has 0 aliphatic rings. The largest absolute Gasteiger partial charge is 0.508 e. The van der Waals surface area contributed by atoms with Crippen LogP contribution in [0, 0.1) is 0 Å². The van der Waals surface area contributed by atoms with Crippen molar-refractivity contribution in [3.05, 3.63) is 51.5 Å². The van der Waals surface area contributed by atoms with Crippen LogP contribution in [0.5, 0.6) is 11.5 Å². The molecule has 1 atom stereocenters. The number of hydrogen-bond donors (Lipinski definition) is 3. The quantitative estimate of drug-likeness (QED) is 0.709. The summed E-state index contributed by atoms with van der Waals surface area (Å²) in [4.78, 5) is 0. The molecule has 0 spiro atoms. The molecule has 1 unspecified atom stereocenters. The van der Waals surface area contributed by atoms with Crippen LogP contribution >= 0.6 is 27.5 Å². The maximum Gasteiger partial charge on any atom is 0.121 e. The molecule has 0 saturated heterocycles. The monoisotopic (exact) mass is 341 g/mol. The number of rotatable bonds is 3. The van der Waals surface area contributed by atoms with E-state index in [9.17, 15) is 10.2 Å². The van der Waals surface area contributed by atoms with E-state index < -0.39 is 0 Å². The molecule has 2 aromatic rings. The maximum absolute atomic E-state index is 9.81. The summed E-state index contributed by atoms with van der Waals surface area (Å²) in [5, 5.41) is 23.1. The Kier molecular flexibility index (Phi) is 4.22. The van der Waals surface area contributed by atoms with Gasteiger partial charge in [-0.3, -0.25) is 0 Å². The van der Waals surface area contributed by atoms with Crippen LogP contribution < -0.4 is 5.32 Å². The van der Waals surface area contributed by atoms with E-state index in [0.29, 0.717) is 10.6 Å². The molecule has 0 saturated carbocycles. The smallest absolute Gasteiger partial charge is 0.121 e. The number of nitrogens with one attached hydrogen (secondary N) is 1. The summed E-state index contributed by atoms with van der Waals surface area (Å²) >= 11 is 9.47. The Balaban J connectivity index is 2.25. The average Bonchev–Trinajstić information content (AvgIpc) is 2.35. The zero-order chi connectivity index (χ0) is 14.0. The molecular formula is C14H13BrClNO2. The van der Waals surface area contributed by atoms with E-state index >= 15 is 0 Å². The molecule has 0 aliphatic carbocycles. The molecule has 3 N–H and O–H groups in total. The van der Waals surface area contributed by atoms with Crippen molar-refractivity contribution in [2.75, 3.05) is 5.32 Å². The van der Waals surface area contributed by atoms with E-state index in [1.54, 1.807) is 6.07 Å². The van der Waals surface area contributed by atoms with Crippen LogP contribution in [0.1, 0.15) is 18.5 Å². The van der Waals surface area contributed by atoms with Gasteiger partial charge < -0.3 is 15.5 Å². The highest BCUT2D eigenvalue weighted by molar-refractivity contribution is 9.10. The summed E-state index contributed by atoms with van der Waals surface area (Å²) in [6, 6.07) is 9.76. The van der Waals surface area contributed by atoms with E-state index in [2.05, 4.69) is 21.2 Å². The fourth-order valence-electron chi connectivity index (χ4n) is 1.81. The maximum atomic E-state index is 9.81. The molecule has 19 heavy (non-hydrogen) atoms. The first-order chi connectivity index (χ1) is 8.97. The van der Waals surface area contributed by atoms with E-state index in [-0.39, 0.29) is 17.5 Å². The highest BCUT2D eigenvalue weighted by atomic mass is 79.9. The summed E-state index contributed by atoms with van der Waals surface area (Å²) in [5.41, 5.74) is 1.37. The van der Waals surface area contributed by atoms with Gasteiger partial charge in [0.05, 0.1) is 16.8 Å². The zero-order valence-corrected chi connectivity index (χ0v) is 12.5. The van der Waals surface area contributed by atoms with Gasteiger partial charge in [-0.25, -0.2) is 0 Å². The van der Waals surface area contributed by atoms with Crippen molar-refractivity contribution in [2.45, 2.75) is 13.0 Å². The minimum atomic E-state index is -0.189. The molecular weight excluding hydrogens is 330 g/mol. The number of phenolic OH excluding ortho intramolecular Hbond substituents is 2. The highest BCUT2D eigenvalue weighted by Gasteiger charge is 2.12. The third kappa shape index (κ3) is 3.33. The van der Waals surface area contributed by atoms with Crippen molar-refractivity contribution in [3.63, 3.8) is 0 Å². The van der Waals surface area contributed by atoms with Gasteiger partial charge in [-0.15, -0.1) is 0 Å². The van der Waals surface area contributed by atoms with Gasteiger partial charge in [0, 0.05) is 10.0 Å². The second-order valence-corrected chi connectivity index (χ2v) is 5.56. The molecule has 2 aromatic carbocycles. The molecule has 0 heterocycles. The normalized spacial score (nSPS) is 12.2. The molecule has 2 rings (SSSR count). The summed E-state index contributed by atoms with van der Waals surface area (Å²) in [5.74, 6) is 0.245. The lowest BCUT2D eigenvalue weighted by molar-refractivity contribution is 0.451. The number of halogens is 2. The first kappa shape index (κ1) is 14.0. The molecule has 100 valence electrons. The summed E-state index contributed by atoms with van der Waals surface area (Å²) in [6.45, 7) is 1.88. The molecule has 0 bridgehead atoms. The number of phenols is 2. The number of aromatic hydroxyl groups is 2. The fourth-order valence-corrected chi connectivity index (χ4v) is 2.53. The second-order valence-electron chi connectivity index (χ2n) is 4.23. The van der Waals surface area contributed by atoms with Crippen molar-refractivity contribution in [3.8, 4) is 11.5 Å². The molecule has 3 nitrogen and oxygen atoms in total. The topological polar surface area (TPSA) is 52.5 Å². The van der Waals surface area contributed by atoms with E-state index in [0.717, 1.165) is 10.2 Å². The van der Waals surface area contributed by atoms with E-state index in [1.807, 2.05) is 19.1 Å². The van der Waals surface area contributed by atoms with Crippen LogP contribution in [0.3, 0.4) is 0 Å². The van der Waals surface area contributed by atoms with Crippen LogP contribution in [-0.4, -0.2) is 10.2 Å². The Morgan fingerprint density at radius 2 is 1.89 bits per heavy atom. The van der Waals surface area contributed by atoms with Crippen molar-refractivity contribution >= 4 is 33.2 Å². The summed E-state index contributed by atoms with van der Waals surface area (Å²) in [6.07, 6.45) is 0. The third-order valence-corrected chi connectivity index (χ3v) is 3.59. The molecule has 5 heteroatoms. The first-order valence-corrected chi connectivity index (χ1v) is 6.88. The Bertz CT molecular complexity index is 604. The molecule has 0 amide bonds. The second kappa shape index (κ2) is 5.72. The Hall–Kier alpha value is -1.39. The van der Waals surface area contributed by atoms with Crippen LogP contribution in [0.25, 0.3) is 0 Å². The zero-order valence-electron chi connectivity index (χ0n) is 10.2. The van der Waals surface area contributed by atoms with Crippen molar-refractivity contribution < 1.29 is 10.2 Å². The summed E-state index contributed by atoms with van der Waals surface area (Å²) < 4.78 is 0.899. The lowest BCUT2D eigenvalue weighted by Crippen LogP contribution is -2.07. The van der Waals surface area contributed by atoms with Gasteiger partial charge in [0.15, 0.2) is 0 Å². The van der Waals surface area contributed by atoms with Gasteiger partial charge in [-0.2, -0.15) is 0 Å². The SMILES string of the molecule is CC(Nc1ccc(Br)cc1Cl)c1cc(O)ccc1O. The lowest BCUT2D eigenvalue weighted by Gasteiger charge is -2.18. The van der Waals surface area contributed by atoms with Gasteiger partial charge in [0.1, 0.15) is 11.5 Å². The van der Waals surface area contributed by atoms with Gasteiger partial charge >= 0.3 is 0 Å². The molecule has 0 radical (unpaired) electrons. The van der Waals surface area contributed by atoms with Crippen molar-refractivity contribution in [1.82, 2.24) is 0 Å². The van der Waals surface area contributed by atoms with Crippen LogP contribution in [0.15, 0.2) is 40.9 Å². The van der Waals surface area contributed by atoms with E-state index in [1.165, 1.54) is 18.2 Å². The van der Waals surface area contributed by atoms with E-state index in [4.69, 9.17) is 11.6 Å². The lowest BCUT2D eigenvalue weighted by atomic mass is 10.1. The van der Waals surface area contributed by atoms with Crippen molar-refractivity contribution in [2.24, 2.45) is 0 Å². The number of anilines is 1. The standard InChI is InChI=1S/C14H13BrClNO2/c1-8(11-7-10(18)3-5-14(11)19)17-13-4-2-9(15)6-12(13)16/h2-8,17-19H,1H3. The highest BCUT2D eigenvalue weighted by Crippen LogP contribution is 2.33. The molecule has 0 aromatic heterocycles. The Morgan fingerprint density at radius 1 is 1.16 bits per heavy atom. The van der Waals surface area contributed by atoms with Crippen molar-refractivity contribution in [1.29, 1.82) is 0 Å². The minimum absolute atomic E-state index is 0.114. The fraction of sp³-hybridized carbons (Fsp3) is 0.143. The first-order valence-electron chi connectivity index (χ1n) is 5.71. The number of hydrogen-bond acceptors (Lipinski definition) is 3. The Labute approximate surface area is 125 Å². The van der Waals surface area contributed by atoms with Crippen LogP contribution in [-0.2, 0) is 0 Å². The Morgan fingerprint density at radius 3 is 2.58 bits per heavy atom. The number of benzene rings is 2. The van der Waals surface area contributed by atoms with Gasteiger partial charge in [-0.1, -0.05) is 27.5 Å². The minimum Gasteiger partial charge on any atom is -0.508 e. The van der Waals surface area contributed by atoms with Crippen LogP contribution in [0.2, 0.25) is 5.02 Å². The van der Waals surface area contributed by atoms with Gasteiger partial charge in [-0.05, 0) is 43.3 Å². The van der Waals surface area contributed by atoms with Crippen LogP contribution in [0.4, 0.5) is 5.69 Å². The predicted molar refractivity (Wildman–Crippen MR) is 81.0 cm³/mol. The van der Waals surface area contributed by atoms with Gasteiger partial charge in [0.25, 0.3) is 0 Å². The molecule has 0 fully saturated rings. The third-order valence-electron chi connectivity index (χ3n) is 2.78. The average molecular weight is 343 g/mol. The summed E-state index contributed by atoms with van der Waals surface area (Å²) in [7, 11) is 0.